The van der Waals surface area contributed by atoms with E-state index < -0.39 is 0 Å². The fourth-order valence-corrected chi connectivity index (χ4v) is 3.54. The van der Waals surface area contributed by atoms with Crippen LogP contribution in [0.5, 0.6) is 0 Å². The van der Waals surface area contributed by atoms with Gasteiger partial charge in [-0.05, 0) is 53.5 Å². The molecular weight excluding hydrogens is 364 g/mol. The van der Waals surface area contributed by atoms with E-state index in [-0.39, 0.29) is 17.4 Å². The van der Waals surface area contributed by atoms with Crippen molar-refractivity contribution in [1.29, 1.82) is 0 Å². The Morgan fingerprint density at radius 3 is 2.93 bits per heavy atom. The number of hydrogen-bond acceptors (Lipinski definition) is 7. The van der Waals surface area contributed by atoms with E-state index in [1.807, 2.05) is 24.3 Å². The van der Waals surface area contributed by atoms with Gasteiger partial charge in [-0.3, -0.25) is 4.79 Å². The number of carbonyl (C=O) groups is 1. The number of nitrogens with zero attached hydrogens (tertiary/aromatic N) is 2. The maximum Gasteiger partial charge on any atom is 0.287 e. The van der Waals surface area contributed by atoms with Gasteiger partial charge in [0.25, 0.3) is 5.91 Å². The van der Waals surface area contributed by atoms with Crippen LogP contribution in [0.4, 0.5) is 11.5 Å². The first kappa shape index (κ1) is 17.2. The highest BCUT2D eigenvalue weighted by atomic mass is 32.1. The van der Waals surface area contributed by atoms with Gasteiger partial charge >= 0.3 is 0 Å². The molecule has 0 fully saturated rings. The van der Waals surface area contributed by atoms with Gasteiger partial charge in [-0.15, -0.1) is 4.91 Å². The Morgan fingerprint density at radius 2 is 2.04 bits per heavy atom. The third-order valence-electron chi connectivity index (χ3n) is 4.14. The Bertz CT molecular complexity index is 1120. The summed E-state index contributed by atoms with van der Waals surface area (Å²) in [5.74, 6) is 0.802. The van der Waals surface area contributed by atoms with E-state index >= 15 is 0 Å². The molecule has 0 unspecified atom stereocenters. The van der Waals surface area contributed by atoms with E-state index in [9.17, 15) is 9.70 Å². The minimum Gasteiger partial charge on any atom is -0.451 e. The van der Waals surface area contributed by atoms with Gasteiger partial charge in [-0.25, -0.2) is 0 Å². The number of hydrogen-bond donors (Lipinski definition) is 2. The minimum atomic E-state index is -0.286. The van der Waals surface area contributed by atoms with Crippen LogP contribution in [0.1, 0.15) is 17.0 Å². The van der Waals surface area contributed by atoms with Crippen LogP contribution < -0.4 is 10.6 Å². The van der Waals surface area contributed by atoms with Crippen LogP contribution >= 0.6 is 11.5 Å². The molecule has 2 aromatic carbocycles. The van der Waals surface area contributed by atoms with Crippen molar-refractivity contribution in [2.45, 2.75) is 6.42 Å². The maximum absolute atomic E-state index is 12.2. The van der Waals surface area contributed by atoms with Gasteiger partial charge in [0.1, 0.15) is 17.1 Å². The third kappa shape index (κ3) is 3.65. The number of amides is 1. The van der Waals surface area contributed by atoms with Crippen LogP contribution in [0, 0.1) is 4.91 Å². The summed E-state index contributed by atoms with van der Waals surface area (Å²) in [5.41, 5.74) is 0.735. The van der Waals surface area contributed by atoms with Gasteiger partial charge < -0.3 is 15.1 Å². The van der Waals surface area contributed by atoms with Crippen molar-refractivity contribution < 1.29 is 9.21 Å². The summed E-state index contributed by atoms with van der Waals surface area (Å²) in [6.07, 6.45) is 0.747. The van der Waals surface area contributed by atoms with E-state index in [0.717, 1.165) is 27.7 Å². The molecule has 0 atom stereocenters. The zero-order valence-electron chi connectivity index (χ0n) is 14.3. The molecule has 27 heavy (non-hydrogen) atoms. The van der Waals surface area contributed by atoms with Gasteiger partial charge in [0.05, 0.1) is 4.70 Å². The number of carbonyl (C=O) groups excluding carboxylic acids is 1. The van der Waals surface area contributed by atoms with Crippen molar-refractivity contribution in [2.75, 3.05) is 18.4 Å². The second kappa shape index (κ2) is 7.55. The van der Waals surface area contributed by atoms with Crippen molar-refractivity contribution in [3.05, 3.63) is 59.2 Å². The first-order chi connectivity index (χ1) is 13.2. The molecule has 1 amide bonds. The van der Waals surface area contributed by atoms with Crippen molar-refractivity contribution >= 4 is 50.0 Å². The van der Waals surface area contributed by atoms with Crippen LogP contribution in [0.25, 0.3) is 21.1 Å². The molecule has 8 heteroatoms. The lowest BCUT2D eigenvalue weighted by atomic mass is 10.2. The first-order valence-corrected chi connectivity index (χ1v) is 9.25. The van der Waals surface area contributed by atoms with E-state index in [2.05, 4.69) is 20.2 Å². The van der Waals surface area contributed by atoms with Crippen molar-refractivity contribution in [3.63, 3.8) is 0 Å². The van der Waals surface area contributed by atoms with E-state index in [4.69, 9.17) is 4.42 Å². The number of furan rings is 1. The average Bonchev–Trinajstić information content (AvgIpc) is 3.31. The Kier molecular flexibility index (Phi) is 4.80. The topological polar surface area (TPSA) is 96.6 Å². The van der Waals surface area contributed by atoms with Crippen molar-refractivity contribution in [2.24, 2.45) is 5.18 Å². The molecule has 7 nitrogen and oxygen atoms in total. The third-order valence-corrected chi connectivity index (χ3v) is 4.97. The number of fused-ring (bicyclic) bond motifs is 2. The molecular formula is C19H16N4O3S. The van der Waals surface area contributed by atoms with E-state index in [0.29, 0.717) is 18.7 Å². The number of rotatable bonds is 7. The predicted octanol–water partition coefficient (Wildman–Crippen LogP) is 4.67. The zero-order valence-corrected chi connectivity index (χ0v) is 15.1. The molecule has 136 valence electrons. The average molecular weight is 380 g/mol. The summed E-state index contributed by atoms with van der Waals surface area (Å²) in [6, 6.07) is 14.5. The lowest BCUT2D eigenvalue weighted by Gasteiger charge is -2.05. The monoisotopic (exact) mass is 380 g/mol. The van der Waals surface area contributed by atoms with Gasteiger partial charge in [0, 0.05) is 29.9 Å². The fraction of sp³-hybridized carbons (Fsp3) is 0.158. The normalized spacial score (nSPS) is 11.0. The fourth-order valence-electron chi connectivity index (χ4n) is 2.79. The van der Waals surface area contributed by atoms with Crippen LogP contribution in [0.15, 0.2) is 58.1 Å². The molecule has 4 rings (SSSR count). The highest BCUT2D eigenvalue weighted by molar-refractivity contribution is 7.13. The summed E-state index contributed by atoms with van der Waals surface area (Å²) in [6.45, 7) is 1.20. The zero-order chi connectivity index (χ0) is 18.6. The number of nitroso groups, excluding NO2 is 1. The maximum atomic E-state index is 12.2. The molecule has 0 saturated carbocycles. The lowest BCUT2D eigenvalue weighted by molar-refractivity contribution is 0.0928. The number of benzene rings is 2. The van der Waals surface area contributed by atoms with Crippen molar-refractivity contribution in [1.82, 2.24) is 9.69 Å². The highest BCUT2D eigenvalue weighted by Crippen LogP contribution is 2.26. The van der Waals surface area contributed by atoms with E-state index in [1.54, 1.807) is 18.2 Å². The summed E-state index contributed by atoms with van der Waals surface area (Å²) in [7, 11) is 0. The highest BCUT2D eigenvalue weighted by Gasteiger charge is 2.12. The molecule has 2 aromatic heterocycles. The Hall–Kier alpha value is -3.26. The van der Waals surface area contributed by atoms with Gasteiger partial charge in [0.15, 0.2) is 5.76 Å². The Morgan fingerprint density at radius 1 is 1.15 bits per heavy atom. The van der Waals surface area contributed by atoms with Crippen LogP contribution in [0.3, 0.4) is 0 Å². The standard InChI is InChI=1S/C19H16N4O3S/c24-19(16-10-12-6-7-13(22-25)11-15(12)26-16)21-9-3-8-20-18-14-4-1-2-5-17(14)27-23-18/h1-2,4-7,10-11H,3,8-9H2,(H,20,23)(H,21,24). The molecule has 0 aliphatic heterocycles. The number of anilines is 1. The molecule has 0 aliphatic carbocycles. The summed E-state index contributed by atoms with van der Waals surface area (Å²) >= 11 is 1.46. The minimum absolute atomic E-state index is 0.214. The molecule has 0 radical (unpaired) electrons. The van der Waals surface area contributed by atoms with Crippen LogP contribution in [0.2, 0.25) is 0 Å². The largest absolute Gasteiger partial charge is 0.451 e. The number of nitrogens with one attached hydrogen (secondary N) is 2. The summed E-state index contributed by atoms with van der Waals surface area (Å²) in [4.78, 5) is 22.8. The van der Waals surface area contributed by atoms with Crippen LogP contribution in [-0.4, -0.2) is 23.4 Å². The van der Waals surface area contributed by atoms with Crippen LogP contribution in [-0.2, 0) is 0 Å². The summed E-state index contributed by atoms with van der Waals surface area (Å²) in [5, 5.41) is 10.9. The Balaban J connectivity index is 1.29. The molecule has 0 spiro atoms. The van der Waals surface area contributed by atoms with Gasteiger partial charge in [0.2, 0.25) is 0 Å². The molecule has 2 N–H and O–H groups in total. The molecule has 0 saturated heterocycles. The molecule has 2 heterocycles. The summed E-state index contributed by atoms with van der Waals surface area (Å²) < 4.78 is 11.1. The second-order valence-corrected chi connectivity index (χ2v) is 6.79. The first-order valence-electron chi connectivity index (χ1n) is 8.48. The number of aromatic nitrogens is 1. The smallest absolute Gasteiger partial charge is 0.287 e. The predicted molar refractivity (Wildman–Crippen MR) is 107 cm³/mol. The van der Waals surface area contributed by atoms with E-state index in [1.165, 1.54) is 17.6 Å². The van der Waals surface area contributed by atoms with Crippen molar-refractivity contribution in [3.8, 4) is 0 Å². The Labute approximate surface area is 158 Å². The second-order valence-electron chi connectivity index (χ2n) is 5.99. The molecule has 0 aliphatic rings. The quantitative estimate of drug-likeness (QED) is 0.359. The van der Waals surface area contributed by atoms with Gasteiger partial charge in [-0.1, -0.05) is 12.1 Å². The van der Waals surface area contributed by atoms with Gasteiger partial charge in [-0.2, -0.15) is 4.37 Å². The molecule has 0 bridgehead atoms. The SMILES string of the molecule is O=Nc1ccc2cc(C(=O)NCCCNc3nsc4ccccc34)oc2c1. The molecule has 4 aromatic rings. The lowest BCUT2D eigenvalue weighted by Crippen LogP contribution is -2.25.